The Morgan fingerprint density at radius 3 is 2.35 bits per heavy atom. The Labute approximate surface area is 127 Å². The molecule has 1 unspecified atom stereocenters. The first-order chi connectivity index (χ1) is 9.58. The number of nitrogens with two attached hydrogens (primary N) is 1. The van der Waals surface area contributed by atoms with Crippen molar-refractivity contribution in [2.75, 3.05) is 0 Å². The molecule has 0 saturated carbocycles. The highest BCUT2D eigenvalue weighted by Crippen LogP contribution is 2.18. The van der Waals surface area contributed by atoms with E-state index in [1.807, 2.05) is 24.3 Å². The summed E-state index contributed by atoms with van der Waals surface area (Å²) in [5.41, 5.74) is 4.80. The summed E-state index contributed by atoms with van der Waals surface area (Å²) in [6, 6.07) is 12.4. The van der Waals surface area contributed by atoms with E-state index >= 15 is 0 Å². The lowest BCUT2D eigenvalue weighted by Crippen LogP contribution is -2.38. The second-order valence-corrected chi connectivity index (χ2v) is 5.49. The minimum Gasteiger partial charge on any atom is -0.271 e. The summed E-state index contributed by atoms with van der Waals surface area (Å²) in [4.78, 5) is 0. The molecule has 0 aromatic heterocycles. The number of hydrazine groups is 1. The van der Waals surface area contributed by atoms with Gasteiger partial charge in [0.15, 0.2) is 0 Å². The fourth-order valence-corrected chi connectivity index (χ4v) is 2.51. The van der Waals surface area contributed by atoms with Crippen LogP contribution in [-0.4, -0.2) is 6.04 Å². The SMILES string of the molecule is NNC(Cc1cccc(Cl)c1)Cc1ccc(F)c(Cl)c1. The molecule has 0 radical (unpaired) electrons. The van der Waals surface area contributed by atoms with Gasteiger partial charge in [-0.25, -0.2) is 4.39 Å². The van der Waals surface area contributed by atoms with Crippen LogP contribution in [0.4, 0.5) is 4.39 Å². The van der Waals surface area contributed by atoms with Gasteiger partial charge in [0.1, 0.15) is 5.82 Å². The van der Waals surface area contributed by atoms with Gasteiger partial charge in [-0.1, -0.05) is 41.4 Å². The van der Waals surface area contributed by atoms with Crippen molar-refractivity contribution in [1.82, 2.24) is 5.43 Å². The summed E-state index contributed by atoms with van der Waals surface area (Å²) in [6.45, 7) is 0. The molecule has 2 rings (SSSR count). The van der Waals surface area contributed by atoms with Gasteiger partial charge in [-0.05, 0) is 48.2 Å². The Kier molecular flexibility index (Phi) is 5.38. The van der Waals surface area contributed by atoms with Crippen LogP contribution in [0.5, 0.6) is 0 Å². The van der Waals surface area contributed by atoms with Gasteiger partial charge < -0.3 is 0 Å². The van der Waals surface area contributed by atoms with E-state index < -0.39 is 5.82 Å². The third-order valence-corrected chi connectivity index (χ3v) is 3.60. The molecule has 0 fully saturated rings. The van der Waals surface area contributed by atoms with Gasteiger partial charge in [-0.15, -0.1) is 0 Å². The van der Waals surface area contributed by atoms with Crippen LogP contribution in [0.1, 0.15) is 11.1 Å². The van der Waals surface area contributed by atoms with Crippen LogP contribution in [0.15, 0.2) is 42.5 Å². The van der Waals surface area contributed by atoms with Crippen LogP contribution in [0.3, 0.4) is 0 Å². The molecule has 106 valence electrons. The normalized spacial score (nSPS) is 12.4. The summed E-state index contributed by atoms with van der Waals surface area (Å²) in [5.74, 6) is 5.17. The monoisotopic (exact) mass is 312 g/mol. The predicted octanol–water partition coefficient (Wildman–Crippen LogP) is 3.75. The molecule has 1 atom stereocenters. The minimum absolute atomic E-state index is 0.0231. The fourth-order valence-electron chi connectivity index (χ4n) is 2.09. The second-order valence-electron chi connectivity index (χ2n) is 4.65. The molecule has 2 aromatic carbocycles. The lowest BCUT2D eigenvalue weighted by Gasteiger charge is -2.16. The molecule has 20 heavy (non-hydrogen) atoms. The highest BCUT2D eigenvalue weighted by molar-refractivity contribution is 6.31. The summed E-state index contributed by atoms with van der Waals surface area (Å²) in [7, 11) is 0. The highest BCUT2D eigenvalue weighted by atomic mass is 35.5. The molecule has 3 N–H and O–H groups in total. The van der Waals surface area contributed by atoms with E-state index in [2.05, 4.69) is 5.43 Å². The third-order valence-electron chi connectivity index (χ3n) is 3.07. The van der Waals surface area contributed by atoms with E-state index in [0.717, 1.165) is 17.5 Å². The summed E-state index contributed by atoms with van der Waals surface area (Å²) in [5, 5.41) is 0.823. The van der Waals surface area contributed by atoms with E-state index in [-0.39, 0.29) is 11.1 Å². The standard InChI is InChI=1S/C15H15Cl2FN2/c16-12-3-1-2-10(6-12)7-13(20-19)8-11-4-5-15(18)14(17)9-11/h1-6,9,13,20H,7-8,19H2. The van der Waals surface area contributed by atoms with Gasteiger partial charge in [0.2, 0.25) is 0 Å². The maximum atomic E-state index is 13.1. The van der Waals surface area contributed by atoms with Gasteiger partial charge in [0.25, 0.3) is 0 Å². The quantitative estimate of drug-likeness (QED) is 0.652. The van der Waals surface area contributed by atoms with Crippen LogP contribution in [0, 0.1) is 5.82 Å². The lowest BCUT2D eigenvalue weighted by molar-refractivity contribution is 0.522. The second kappa shape index (κ2) is 7.04. The number of nitrogens with one attached hydrogen (secondary N) is 1. The molecule has 0 heterocycles. The van der Waals surface area contributed by atoms with Gasteiger partial charge in [0.05, 0.1) is 5.02 Å². The Morgan fingerprint density at radius 2 is 1.75 bits per heavy atom. The van der Waals surface area contributed by atoms with E-state index in [4.69, 9.17) is 29.0 Å². The largest absolute Gasteiger partial charge is 0.271 e. The highest BCUT2D eigenvalue weighted by Gasteiger charge is 2.10. The van der Waals surface area contributed by atoms with Crippen molar-refractivity contribution in [3.63, 3.8) is 0 Å². The van der Waals surface area contributed by atoms with Crippen molar-refractivity contribution in [2.24, 2.45) is 5.84 Å². The van der Waals surface area contributed by atoms with Crippen LogP contribution < -0.4 is 11.3 Å². The van der Waals surface area contributed by atoms with E-state index in [0.29, 0.717) is 11.4 Å². The first kappa shape index (κ1) is 15.3. The summed E-state index contributed by atoms with van der Waals surface area (Å²) in [6.07, 6.45) is 1.38. The van der Waals surface area contributed by atoms with Gasteiger partial charge >= 0.3 is 0 Å². The zero-order chi connectivity index (χ0) is 14.5. The van der Waals surface area contributed by atoms with Crippen molar-refractivity contribution in [2.45, 2.75) is 18.9 Å². The Morgan fingerprint density at radius 1 is 1.05 bits per heavy atom. The van der Waals surface area contributed by atoms with Crippen molar-refractivity contribution in [3.05, 3.63) is 69.5 Å². The number of hydrogen-bond acceptors (Lipinski definition) is 2. The Hall–Kier alpha value is -1.13. The average Bonchev–Trinajstić information content (AvgIpc) is 2.42. The Balaban J connectivity index is 2.07. The maximum absolute atomic E-state index is 13.1. The van der Waals surface area contributed by atoms with Crippen molar-refractivity contribution in [3.8, 4) is 0 Å². The Bertz CT molecular complexity index is 590. The third kappa shape index (κ3) is 4.18. The zero-order valence-corrected chi connectivity index (χ0v) is 12.3. The molecular weight excluding hydrogens is 298 g/mol. The number of halogens is 3. The number of rotatable bonds is 5. The minimum atomic E-state index is -0.414. The smallest absolute Gasteiger partial charge is 0.141 e. The molecule has 2 aromatic rings. The number of benzene rings is 2. The molecule has 0 saturated heterocycles. The molecule has 0 aliphatic rings. The molecule has 0 spiro atoms. The molecule has 0 amide bonds. The van der Waals surface area contributed by atoms with Crippen LogP contribution in [0.2, 0.25) is 10.0 Å². The molecule has 2 nitrogen and oxygen atoms in total. The van der Waals surface area contributed by atoms with E-state index in [1.165, 1.54) is 6.07 Å². The van der Waals surface area contributed by atoms with Crippen LogP contribution in [0.25, 0.3) is 0 Å². The van der Waals surface area contributed by atoms with Crippen LogP contribution >= 0.6 is 23.2 Å². The molecule has 0 bridgehead atoms. The van der Waals surface area contributed by atoms with Crippen LogP contribution in [-0.2, 0) is 12.8 Å². The first-order valence-corrected chi connectivity index (χ1v) is 6.98. The molecule has 5 heteroatoms. The maximum Gasteiger partial charge on any atom is 0.141 e. The fraction of sp³-hybridized carbons (Fsp3) is 0.200. The average molecular weight is 313 g/mol. The van der Waals surface area contributed by atoms with Crippen molar-refractivity contribution in [1.29, 1.82) is 0 Å². The first-order valence-electron chi connectivity index (χ1n) is 6.23. The van der Waals surface area contributed by atoms with Crippen molar-refractivity contribution >= 4 is 23.2 Å². The number of hydrogen-bond donors (Lipinski definition) is 2. The van der Waals surface area contributed by atoms with Gasteiger partial charge in [0, 0.05) is 11.1 Å². The van der Waals surface area contributed by atoms with E-state index in [1.54, 1.807) is 12.1 Å². The lowest BCUT2D eigenvalue weighted by atomic mass is 9.99. The van der Waals surface area contributed by atoms with Crippen molar-refractivity contribution < 1.29 is 4.39 Å². The molecule has 0 aliphatic heterocycles. The van der Waals surface area contributed by atoms with Gasteiger partial charge in [-0.3, -0.25) is 11.3 Å². The molecular formula is C15H15Cl2FN2. The summed E-state index contributed by atoms with van der Waals surface area (Å²) >= 11 is 11.7. The summed E-state index contributed by atoms with van der Waals surface area (Å²) < 4.78 is 13.1. The van der Waals surface area contributed by atoms with E-state index in [9.17, 15) is 4.39 Å². The van der Waals surface area contributed by atoms with Gasteiger partial charge in [-0.2, -0.15) is 0 Å². The topological polar surface area (TPSA) is 38.0 Å². The molecule has 0 aliphatic carbocycles. The predicted molar refractivity (Wildman–Crippen MR) is 81.4 cm³/mol. The zero-order valence-electron chi connectivity index (χ0n) is 10.7.